The molecule has 0 spiro atoms. The molecule has 4 aromatic rings. The molecule has 4 rings (SSSR count). The van der Waals surface area contributed by atoms with Gasteiger partial charge in [-0.3, -0.25) is 13.9 Å². The van der Waals surface area contributed by atoms with Crippen LogP contribution in [-0.2, 0) is 19.0 Å². The molecule has 0 aliphatic rings. The highest BCUT2D eigenvalue weighted by molar-refractivity contribution is 6.76. The maximum absolute atomic E-state index is 13.8. The van der Waals surface area contributed by atoms with Crippen molar-refractivity contribution in [3.8, 4) is 0 Å². The van der Waals surface area contributed by atoms with E-state index < -0.39 is 48.4 Å². The van der Waals surface area contributed by atoms with E-state index in [1.54, 1.807) is 24.5 Å². The summed E-state index contributed by atoms with van der Waals surface area (Å²) in [5, 5.41) is 1.50. The van der Waals surface area contributed by atoms with Crippen molar-refractivity contribution < 1.29 is 33.4 Å². The van der Waals surface area contributed by atoms with Crippen LogP contribution >= 0.6 is 0 Å². The van der Waals surface area contributed by atoms with Crippen molar-refractivity contribution in [3.63, 3.8) is 0 Å². The van der Waals surface area contributed by atoms with E-state index in [4.69, 9.17) is 14.2 Å². The zero-order chi connectivity index (χ0) is 38.3. The van der Waals surface area contributed by atoms with Gasteiger partial charge in [-0.2, -0.15) is 0 Å². The largest absolute Gasteiger partial charge is 0.449 e. The summed E-state index contributed by atoms with van der Waals surface area (Å²) in [6.45, 7) is 20.7. The molecular weight excluding hydrogens is 707 g/mol. The van der Waals surface area contributed by atoms with Crippen LogP contribution in [0.25, 0.3) is 34.0 Å². The summed E-state index contributed by atoms with van der Waals surface area (Å²) in [6.07, 6.45) is 7.32. The number of carbonyl (C=O) groups excluding carboxylic acids is 4. The number of hydrogen-bond donors (Lipinski definition) is 0. The van der Waals surface area contributed by atoms with Crippen LogP contribution in [0.3, 0.4) is 0 Å². The average molecular weight is 760 g/mol. The molecule has 0 atom stereocenters. The zero-order valence-corrected chi connectivity index (χ0v) is 35.0. The number of nitrogens with zero attached hydrogens (tertiary/aromatic N) is 3. The molecule has 0 saturated heterocycles. The quantitative estimate of drug-likeness (QED) is 0.0758. The van der Waals surface area contributed by atoms with Gasteiger partial charge in [0.2, 0.25) is 0 Å². The molecule has 0 fully saturated rings. The van der Waals surface area contributed by atoms with Gasteiger partial charge in [-0.25, -0.2) is 19.3 Å². The third kappa shape index (κ3) is 11.5. The smallest absolute Gasteiger partial charge is 0.420 e. The molecule has 0 saturated carbocycles. The standard InChI is InChI=1S/C39H53N3O7Si3/c1-50(2,3)25-22-47-37(44)40(21-20-31-29-42(35-17-13-11-15-33(31)35)39(46)49-24-27-52(7,8)9)36(43)19-18-30-28-41(34-16-12-10-14-32(30)34)38(45)48-23-26-51(4,5)6/h10-21,28-29H,22-27H2,1-9H3/b19-18+,21-20+. The molecule has 0 radical (unpaired) electrons. The van der Waals surface area contributed by atoms with Gasteiger partial charge in [0.15, 0.2) is 0 Å². The fraction of sp³-hybridized carbons (Fsp3) is 0.385. The van der Waals surface area contributed by atoms with Gasteiger partial charge in [-0.05, 0) is 42.4 Å². The summed E-state index contributed by atoms with van der Waals surface area (Å²) in [5.74, 6) is -0.640. The topological polar surface area (TPSA) is 109 Å². The van der Waals surface area contributed by atoms with Crippen LogP contribution in [0.4, 0.5) is 14.4 Å². The molecule has 2 aromatic carbocycles. The number of para-hydroxylation sites is 2. The lowest BCUT2D eigenvalue weighted by Gasteiger charge is -2.18. The lowest BCUT2D eigenvalue weighted by Crippen LogP contribution is -2.33. The van der Waals surface area contributed by atoms with Crippen LogP contribution in [-0.4, -0.2) is 82.3 Å². The molecule has 0 aliphatic heterocycles. The van der Waals surface area contributed by atoms with Gasteiger partial charge in [0, 0.05) is 70.8 Å². The van der Waals surface area contributed by atoms with Crippen LogP contribution < -0.4 is 0 Å². The second kappa shape index (κ2) is 16.9. The second-order valence-electron chi connectivity index (χ2n) is 16.6. The highest BCUT2D eigenvalue weighted by Gasteiger charge is 2.23. The number of rotatable bonds is 13. The van der Waals surface area contributed by atoms with Crippen molar-refractivity contribution in [2.45, 2.75) is 77.1 Å². The fourth-order valence-corrected chi connectivity index (χ4v) is 7.29. The van der Waals surface area contributed by atoms with Crippen molar-refractivity contribution >= 4 is 82.4 Å². The Bertz CT molecular complexity index is 1970. The third-order valence-corrected chi connectivity index (χ3v) is 13.5. The van der Waals surface area contributed by atoms with Crippen LogP contribution in [0.2, 0.25) is 77.1 Å². The molecule has 0 unspecified atom stereocenters. The number of fused-ring (bicyclic) bond motifs is 2. The van der Waals surface area contributed by atoms with Gasteiger partial charge >= 0.3 is 18.3 Å². The van der Waals surface area contributed by atoms with Gasteiger partial charge in [0.05, 0.1) is 30.9 Å². The highest BCUT2D eigenvalue weighted by Crippen LogP contribution is 2.25. The van der Waals surface area contributed by atoms with E-state index in [2.05, 4.69) is 58.9 Å². The first-order valence-electron chi connectivity index (χ1n) is 17.7. The molecule has 52 heavy (non-hydrogen) atoms. The van der Waals surface area contributed by atoms with Crippen molar-refractivity contribution in [2.24, 2.45) is 0 Å². The molecule has 0 aliphatic carbocycles. The molecule has 10 nitrogen and oxygen atoms in total. The number of amides is 2. The van der Waals surface area contributed by atoms with Crippen molar-refractivity contribution in [1.29, 1.82) is 0 Å². The number of hydrogen-bond acceptors (Lipinski definition) is 7. The summed E-state index contributed by atoms with van der Waals surface area (Å²) < 4.78 is 19.7. The normalized spacial score (nSPS) is 12.6. The number of ether oxygens (including phenoxy) is 3. The molecular formula is C39H53N3O7Si3. The maximum Gasteiger partial charge on any atom is 0.420 e. The van der Waals surface area contributed by atoms with Gasteiger partial charge < -0.3 is 14.2 Å². The van der Waals surface area contributed by atoms with E-state index in [0.29, 0.717) is 35.4 Å². The van der Waals surface area contributed by atoms with E-state index in [0.717, 1.165) is 33.8 Å². The Kier molecular flexibility index (Phi) is 13.1. The Morgan fingerprint density at radius 3 is 1.44 bits per heavy atom. The van der Waals surface area contributed by atoms with Crippen molar-refractivity contribution in [2.75, 3.05) is 19.8 Å². The van der Waals surface area contributed by atoms with Crippen LogP contribution in [0.5, 0.6) is 0 Å². The lowest BCUT2D eigenvalue weighted by molar-refractivity contribution is -0.122. The lowest BCUT2D eigenvalue weighted by atomic mass is 10.1. The van der Waals surface area contributed by atoms with Crippen molar-refractivity contribution in [1.82, 2.24) is 14.0 Å². The Morgan fingerprint density at radius 2 is 1.00 bits per heavy atom. The average Bonchev–Trinajstić information content (AvgIpc) is 3.61. The fourth-order valence-electron chi connectivity index (χ4n) is 5.14. The number of aromatic nitrogens is 2. The predicted octanol–water partition coefficient (Wildman–Crippen LogP) is 10.2. The Hall–Kier alpha value is -4.47. The SMILES string of the molecule is C[Si](C)(C)CCOC(=O)N(/C=C/c1cn(C(=O)OCC[Si](C)(C)C)c2ccccc12)C(=O)/C=C/c1cn(C(=O)OCC[Si](C)(C)C)c2ccccc12. The zero-order valence-electron chi connectivity index (χ0n) is 32.0. The molecule has 2 heterocycles. The van der Waals surface area contributed by atoms with Crippen LogP contribution in [0.1, 0.15) is 11.1 Å². The summed E-state index contributed by atoms with van der Waals surface area (Å²) in [5.41, 5.74) is 2.51. The number of carbonyl (C=O) groups is 4. The first kappa shape index (κ1) is 40.3. The van der Waals surface area contributed by atoms with E-state index in [9.17, 15) is 19.2 Å². The first-order chi connectivity index (χ1) is 24.3. The van der Waals surface area contributed by atoms with Crippen molar-refractivity contribution in [3.05, 3.63) is 84.3 Å². The van der Waals surface area contributed by atoms with Gasteiger partial charge in [-0.1, -0.05) is 95.3 Å². The first-order valence-corrected chi connectivity index (χ1v) is 28.9. The number of benzene rings is 2. The monoisotopic (exact) mass is 759 g/mol. The molecule has 2 aromatic heterocycles. The van der Waals surface area contributed by atoms with Crippen LogP contribution in [0, 0.1) is 0 Å². The second-order valence-corrected chi connectivity index (χ2v) is 33.4. The Balaban J connectivity index is 1.63. The van der Waals surface area contributed by atoms with E-state index in [-0.39, 0.29) is 6.61 Å². The maximum atomic E-state index is 13.8. The molecule has 0 N–H and O–H groups in total. The molecule has 278 valence electrons. The van der Waals surface area contributed by atoms with E-state index in [1.807, 2.05) is 48.5 Å². The molecule has 0 bridgehead atoms. The third-order valence-electron chi connectivity index (χ3n) is 8.35. The van der Waals surface area contributed by atoms with Gasteiger partial charge in [0.1, 0.15) is 0 Å². The minimum Gasteiger partial charge on any atom is -0.449 e. The van der Waals surface area contributed by atoms with Crippen LogP contribution in [0.15, 0.2) is 73.2 Å². The molecule has 13 heteroatoms. The Labute approximate surface area is 310 Å². The highest BCUT2D eigenvalue weighted by atomic mass is 28.3. The Morgan fingerprint density at radius 1 is 0.596 bits per heavy atom. The summed E-state index contributed by atoms with van der Waals surface area (Å²) >= 11 is 0. The minimum atomic E-state index is -1.52. The van der Waals surface area contributed by atoms with E-state index in [1.165, 1.54) is 21.4 Å². The summed E-state index contributed by atoms with van der Waals surface area (Å²) in [4.78, 5) is 54.3. The summed E-state index contributed by atoms with van der Waals surface area (Å²) in [7, 11) is -4.32. The number of imide groups is 1. The van der Waals surface area contributed by atoms with Gasteiger partial charge in [-0.15, -0.1) is 0 Å². The van der Waals surface area contributed by atoms with E-state index >= 15 is 0 Å². The van der Waals surface area contributed by atoms with Gasteiger partial charge in [0.25, 0.3) is 5.91 Å². The predicted molar refractivity (Wildman–Crippen MR) is 218 cm³/mol. The minimum absolute atomic E-state index is 0.186. The molecule has 2 amide bonds. The summed E-state index contributed by atoms with van der Waals surface area (Å²) in [6, 6.07) is 17.2.